The summed E-state index contributed by atoms with van der Waals surface area (Å²) in [5.74, 6) is 0.596. The summed E-state index contributed by atoms with van der Waals surface area (Å²) < 4.78 is 0. The van der Waals surface area contributed by atoms with Crippen molar-refractivity contribution in [3.63, 3.8) is 0 Å². The molecule has 1 unspecified atom stereocenters. The van der Waals surface area contributed by atoms with Crippen LogP contribution in [0.25, 0.3) is 0 Å². The highest BCUT2D eigenvalue weighted by atomic mass is 35.5. The number of carbonyl (C=O) groups excluding carboxylic acids is 2. The maximum Gasteiger partial charge on any atom is 0.238 e. The Hall–Kier alpha value is -0.950. The number of piperidine rings is 1. The van der Waals surface area contributed by atoms with Gasteiger partial charge < -0.3 is 15.5 Å². The van der Waals surface area contributed by atoms with Gasteiger partial charge in [-0.3, -0.25) is 9.59 Å². The van der Waals surface area contributed by atoms with Crippen LogP contribution in [-0.2, 0) is 9.59 Å². The Morgan fingerprint density at radius 3 is 2.80 bits per heavy atom. The number of nitrogens with zero attached hydrogens (tertiary/aromatic N) is 1. The van der Waals surface area contributed by atoms with Crippen LogP contribution in [-0.4, -0.2) is 48.6 Å². The van der Waals surface area contributed by atoms with Crippen LogP contribution in [0.4, 0.5) is 5.69 Å². The number of anilines is 1. The van der Waals surface area contributed by atoms with Crippen LogP contribution in [0, 0.1) is 5.92 Å². The molecule has 138 valence electrons. The Kier molecular flexibility index (Phi) is 7.43. The molecule has 0 aliphatic carbocycles. The van der Waals surface area contributed by atoms with Gasteiger partial charge in [0.2, 0.25) is 11.8 Å². The molecular weight excluding hydrogens is 381 g/mol. The largest absolute Gasteiger partial charge is 0.343 e. The predicted octanol–water partition coefficient (Wildman–Crippen LogP) is 3.02. The van der Waals surface area contributed by atoms with Gasteiger partial charge in [0.25, 0.3) is 0 Å². The van der Waals surface area contributed by atoms with Gasteiger partial charge in [-0.2, -0.15) is 0 Å². The van der Waals surface area contributed by atoms with E-state index in [1.165, 1.54) is 11.8 Å². The highest BCUT2D eigenvalue weighted by molar-refractivity contribution is 8.01. The van der Waals surface area contributed by atoms with Crippen LogP contribution in [0.2, 0.25) is 5.02 Å². The van der Waals surface area contributed by atoms with E-state index < -0.39 is 0 Å². The Labute approximate surface area is 163 Å². The Bertz CT molecular complexity index is 636. The predicted molar refractivity (Wildman–Crippen MR) is 105 cm³/mol. The lowest BCUT2D eigenvalue weighted by Crippen LogP contribution is -2.42. The molecule has 1 atom stereocenters. The molecule has 1 saturated heterocycles. The van der Waals surface area contributed by atoms with Crippen LogP contribution in [0.15, 0.2) is 23.1 Å². The summed E-state index contributed by atoms with van der Waals surface area (Å²) >= 11 is 7.40. The summed E-state index contributed by atoms with van der Waals surface area (Å²) in [6, 6.07) is 5.44. The van der Waals surface area contributed by atoms with Crippen LogP contribution in [0.1, 0.15) is 19.3 Å². The number of thioether (sulfide) groups is 1. The van der Waals surface area contributed by atoms with Gasteiger partial charge in [-0.25, -0.2) is 0 Å². The molecule has 2 heterocycles. The van der Waals surface area contributed by atoms with Gasteiger partial charge in [-0.1, -0.05) is 11.6 Å². The van der Waals surface area contributed by atoms with Crippen molar-refractivity contribution in [1.29, 1.82) is 0 Å². The van der Waals surface area contributed by atoms with E-state index in [4.69, 9.17) is 11.6 Å². The molecule has 2 amide bonds. The van der Waals surface area contributed by atoms with E-state index in [-0.39, 0.29) is 35.9 Å². The molecule has 8 heteroatoms. The van der Waals surface area contributed by atoms with Crippen LogP contribution >= 0.6 is 35.8 Å². The molecule has 5 nitrogen and oxygen atoms in total. The minimum Gasteiger partial charge on any atom is -0.343 e. The molecule has 0 saturated carbocycles. The summed E-state index contributed by atoms with van der Waals surface area (Å²) in [4.78, 5) is 27.7. The second kappa shape index (κ2) is 9.12. The summed E-state index contributed by atoms with van der Waals surface area (Å²) in [6.07, 6.45) is 2.30. The van der Waals surface area contributed by atoms with E-state index in [0.29, 0.717) is 10.9 Å². The third-order valence-electron chi connectivity index (χ3n) is 4.58. The van der Waals surface area contributed by atoms with Gasteiger partial charge in [0, 0.05) is 29.4 Å². The summed E-state index contributed by atoms with van der Waals surface area (Å²) in [5.41, 5.74) is 0.731. The lowest BCUT2D eigenvalue weighted by atomic mass is 9.96. The molecule has 0 spiro atoms. The SMILES string of the molecule is CNCC1CCN(C(=O)CC2Sc3ccc(Cl)cc3NC2=O)CC1.Cl. The minimum atomic E-state index is -0.374. The first kappa shape index (κ1) is 20.4. The quantitative estimate of drug-likeness (QED) is 0.810. The third-order valence-corrected chi connectivity index (χ3v) is 6.09. The van der Waals surface area contributed by atoms with Crippen LogP contribution in [0.5, 0.6) is 0 Å². The molecule has 2 aliphatic heterocycles. The number of amides is 2. The average Bonchev–Trinajstić information content (AvgIpc) is 2.56. The number of rotatable bonds is 4. The van der Waals surface area contributed by atoms with E-state index in [1.54, 1.807) is 12.1 Å². The first-order chi connectivity index (χ1) is 11.6. The second-order valence-corrected chi connectivity index (χ2v) is 8.00. The molecule has 25 heavy (non-hydrogen) atoms. The topological polar surface area (TPSA) is 61.4 Å². The number of fused-ring (bicyclic) bond motifs is 1. The normalized spacial score (nSPS) is 20.5. The van der Waals surface area contributed by atoms with Gasteiger partial charge in [0.1, 0.15) is 0 Å². The zero-order valence-corrected chi connectivity index (χ0v) is 16.5. The van der Waals surface area contributed by atoms with E-state index in [0.717, 1.165) is 43.1 Å². The summed E-state index contributed by atoms with van der Waals surface area (Å²) in [7, 11) is 1.96. The van der Waals surface area contributed by atoms with Gasteiger partial charge in [0.15, 0.2) is 0 Å². The van der Waals surface area contributed by atoms with Crippen molar-refractivity contribution in [2.24, 2.45) is 5.92 Å². The van der Waals surface area contributed by atoms with Gasteiger partial charge >= 0.3 is 0 Å². The van der Waals surface area contributed by atoms with Gasteiger partial charge in [-0.15, -0.1) is 24.2 Å². The number of halogens is 2. The second-order valence-electron chi connectivity index (χ2n) is 6.32. The zero-order chi connectivity index (χ0) is 17.1. The molecule has 0 bridgehead atoms. The lowest BCUT2D eigenvalue weighted by molar-refractivity contribution is -0.133. The van der Waals surface area contributed by atoms with Crippen molar-refractivity contribution in [3.8, 4) is 0 Å². The standard InChI is InChI=1S/C17H22ClN3O2S.ClH/c1-19-10-11-4-6-21(7-5-11)16(22)9-15-17(23)20-13-8-12(18)2-3-14(13)24-15;/h2-3,8,11,15,19H,4-7,9-10H2,1H3,(H,20,23);1H. The molecule has 1 fully saturated rings. The monoisotopic (exact) mass is 403 g/mol. The number of likely N-dealkylation sites (tertiary alicyclic amines) is 1. The van der Waals surface area contributed by atoms with E-state index in [1.807, 2.05) is 18.0 Å². The Morgan fingerprint density at radius 2 is 2.12 bits per heavy atom. The Morgan fingerprint density at radius 1 is 1.40 bits per heavy atom. The van der Waals surface area contributed by atoms with Gasteiger partial charge in [0.05, 0.1) is 10.9 Å². The first-order valence-corrected chi connectivity index (χ1v) is 9.52. The van der Waals surface area contributed by atoms with E-state index in [9.17, 15) is 9.59 Å². The number of hydrogen-bond acceptors (Lipinski definition) is 4. The van der Waals surface area contributed by atoms with Crippen LogP contribution in [0.3, 0.4) is 0 Å². The van der Waals surface area contributed by atoms with Crippen molar-refractivity contribution in [1.82, 2.24) is 10.2 Å². The molecule has 3 rings (SSSR count). The van der Waals surface area contributed by atoms with E-state index in [2.05, 4.69) is 10.6 Å². The fraction of sp³-hybridized carbons (Fsp3) is 0.529. The first-order valence-electron chi connectivity index (χ1n) is 8.26. The Balaban J connectivity index is 0.00000225. The fourth-order valence-electron chi connectivity index (χ4n) is 3.22. The number of benzene rings is 1. The number of nitrogens with one attached hydrogen (secondary N) is 2. The smallest absolute Gasteiger partial charge is 0.238 e. The van der Waals surface area contributed by atoms with Crippen molar-refractivity contribution in [3.05, 3.63) is 23.2 Å². The van der Waals surface area contributed by atoms with Crippen molar-refractivity contribution in [2.75, 3.05) is 32.0 Å². The molecular formula is C17H23Cl2N3O2S. The molecule has 1 aromatic rings. The van der Waals surface area contributed by atoms with Crippen molar-refractivity contribution in [2.45, 2.75) is 29.4 Å². The highest BCUT2D eigenvalue weighted by Crippen LogP contribution is 2.38. The molecule has 2 N–H and O–H groups in total. The third kappa shape index (κ3) is 5.03. The number of hydrogen-bond donors (Lipinski definition) is 2. The van der Waals surface area contributed by atoms with Crippen molar-refractivity contribution < 1.29 is 9.59 Å². The molecule has 2 aliphatic rings. The summed E-state index contributed by atoms with van der Waals surface area (Å²) in [6.45, 7) is 2.58. The minimum absolute atomic E-state index is 0. The molecule has 0 radical (unpaired) electrons. The fourth-order valence-corrected chi connectivity index (χ4v) is 4.47. The number of carbonyl (C=O) groups is 2. The zero-order valence-electron chi connectivity index (χ0n) is 14.1. The van der Waals surface area contributed by atoms with Gasteiger partial charge in [-0.05, 0) is 50.6 Å². The summed E-state index contributed by atoms with van der Waals surface area (Å²) in [5, 5.41) is 6.27. The molecule has 1 aromatic carbocycles. The maximum atomic E-state index is 12.5. The highest BCUT2D eigenvalue weighted by Gasteiger charge is 2.31. The molecule has 0 aromatic heterocycles. The van der Waals surface area contributed by atoms with Crippen LogP contribution < -0.4 is 10.6 Å². The lowest BCUT2D eigenvalue weighted by Gasteiger charge is -2.33. The maximum absolute atomic E-state index is 12.5. The average molecular weight is 404 g/mol. The van der Waals surface area contributed by atoms with E-state index >= 15 is 0 Å². The van der Waals surface area contributed by atoms with Crippen molar-refractivity contribution >= 4 is 53.3 Å².